The second-order valence-electron chi connectivity index (χ2n) is 4.06. The van der Waals surface area contributed by atoms with Crippen LogP contribution in [0, 0.1) is 11.3 Å². The monoisotopic (exact) mass is 194 g/mol. The Kier molecular flexibility index (Phi) is 8.40. The summed E-state index contributed by atoms with van der Waals surface area (Å²) in [5.41, 5.74) is -0.670. The van der Waals surface area contributed by atoms with Crippen molar-refractivity contribution in [1.82, 2.24) is 0 Å². The summed E-state index contributed by atoms with van der Waals surface area (Å²) in [7, 11) is 0. The Hall–Kier alpha value is 0.470. The summed E-state index contributed by atoms with van der Waals surface area (Å²) in [4.78, 5) is 10.7. The Balaban J connectivity index is 0. The van der Waals surface area contributed by atoms with E-state index in [2.05, 4.69) is 13.8 Å². The summed E-state index contributed by atoms with van der Waals surface area (Å²) in [5, 5.41) is 10.7. The Morgan fingerprint density at radius 1 is 1.31 bits per heavy atom. The Morgan fingerprint density at radius 3 is 1.92 bits per heavy atom. The topological polar surface area (TPSA) is 40.1 Å². The zero-order valence-corrected chi connectivity index (χ0v) is 11.5. The van der Waals surface area contributed by atoms with Crippen molar-refractivity contribution in [2.45, 2.75) is 47.0 Å². The number of hydrogen-bond acceptors (Lipinski definition) is 2. The van der Waals surface area contributed by atoms with Gasteiger partial charge in [-0.15, -0.1) is 0 Å². The minimum atomic E-state index is -0.936. The van der Waals surface area contributed by atoms with E-state index in [9.17, 15) is 9.90 Å². The molecule has 0 atom stereocenters. The number of carboxylic acid groups (broad SMARTS) is 1. The van der Waals surface area contributed by atoms with E-state index in [-0.39, 0.29) is 29.6 Å². The molecule has 0 fully saturated rings. The predicted molar refractivity (Wildman–Crippen MR) is 47.5 cm³/mol. The van der Waals surface area contributed by atoms with Crippen LogP contribution in [0.15, 0.2) is 0 Å². The van der Waals surface area contributed by atoms with Crippen LogP contribution < -0.4 is 34.7 Å². The van der Waals surface area contributed by atoms with E-state index in [4.69, 9.17) is 0 Å². The molecule has 2 nitrogen and oxygen atoms in total. The van der Waals surface area contributed by atoms with Crippen molar-refractivity contribution in [3.8, 4) is 0 Å². The van der Waals surface area contributed by atoms with Gasteiger partial charge < -0.3 is 9.90 Å². The van der Waals surface area contributed by atoms with E-state index in [1.807, 2.05) is 0 Å². The van der Waals surface area contributed by atoms with Crippen molar-refractivity contribution in [2.75, 3.05) is 0 Å². The van der Waals surface area contributed by atoms with Crippen LogP contribution in [-0.2, 0) is 4.79 Å². The molecule has 72 valence electrons. The van der Waals surface area contributed by atoms with Crippen LogP contribution in [0.2, 0.25) is 0 Å². The molecule has 0 radical (unpaired) electrons. The van der Waals surface area contributed by atoms with Gasteiger partial charge in [-0.05, 0) is 12.3 Å². The van der Waals surface area contributed by atoms with Crippen molar-refractivity contribution in [1.29, 1.82) is 0 Å². The summed E-state index contributed by atoms with van der Waals surface area (Å²) in [5.74, 6) is -0.424. The van der Waals surface area contributed by atoms with Gasteiger partial charge in [-0.3, -0.25) is 0 Å². The molecule has 0 heterocycles. The van der Waals surface area contributed by atoms with E-state index in [0.29, 0.717) is 5.92 Å². The zero-order chi connectivity index (χ0) is 9.78. The molecule has 0 N–H and O–H groups in total. The minimum Gasteiger partial charge on any atom is -0.550 e. The van der Waals surface area contributed by atoms with Gasteiger partial charge in [-0.2, -0.15) is 0 Å². The smallest absolute Gasteiger partial charge is 0.550 e. The first-order chi connectivity index (χ1) is 5.44. The molecule has 13 heavy (non-hydrogen) atoms. The van der Waals surface area contributed by atoms with Gasteiger partial charge in [0.15, 0.2) is 0 Å². The Morgan fingerprint density at radius 2 is 1.69 bits per heavy atom. The first-order valence-electron chi connectivity index (χ1n) is 4.65. The Bertz CT molecular complexity index is 151. The molecule has 0 aliphatic rings. The quantitative estimate of drug-likeness (QED) is 0.505. The Labute approximate surface area is 103 Å². The maximum Gasteiger partial charge on any atom is 1.00 e. The summed E-state index contributed by atoms with van der Waals surface area (Å²) in [6.07, 6.45) is 2.82. The molecular formula is C10H19NaO2. The molecule has 0 amide bonds. The molecule has 0 rings (SSSR count). The average molecular weight is 194 g/mol. The molecule has 0 saturated heterocycles. The van der Waals surface area contributed by atoms with Gasteiger partial charge >= 0.3 is 29.6 Å². The van der Waals surface area contributed by atoms with Gasteiger partial charge in [0.05, 0.1) is 0 Å². The molecule has 0 aliphatic carbocycles. The molecule has 0 aromatic heterocycles. The third kappa shape index (κ3) is 5.71. The summed E-state index contributed by atoms with van der Waals surface area (Å²) in [6.45, 7) is 7.67. The molecule has 0 saturated carbocycles. The van der Waals surface area contributed by atoms with Crippen molar-refractivity contribution >= 4 is 5.97 Å². The maximum atomic E-state index is 10.7. The normalized spacial score (nSPS) is 11.2. The summed E-state index contributed by atoms with van der Waals surface area (Å²) < 4.78 is 0. The van der Waals surface area contributed by atoms with Crippen LogP contribution in [-0.4, -0.2) is 5.97 Å². The average Bonchev–Trinajstić information content (AvgIpc) is 2.00. The first-order valence-corrected chi connectivity index (χ1v) is 4.65. The predicted octanol–water partition coefficient (Wildman–Crippen LogP) is -1.41. The van der Waals surface area contributed by atoms with Crippen molar-refractivity contribution in [2.24, 2.45) is 11.3 Å². The van der Waals surface area contributed by atoms with E-state index in [1.54, 1.807) is 13.8 Å². The van der Waals surface area contributed by atoms with Crippen molar-refractivity contribution in [3.63, 3.8) is 0 Å². The van der Waals surface area contributed by atoms with Crippen LogP contribution in [0.3, 0.4) is 0 Å². The number of hydrogen-bond donors (Lipinski definition) is 0. The summed E-state index contributed by atoms with van der Waals surface area (Å²) in [6, 6.07) is 0. The number of aliphatic carboxylic acids is 1. The van der Waals surface area contributed by atoms with E-state index < -0.39 is 11.4 Å². The third-order valence-electron chi connectivity index (χ3n) is 2.51. The SMILES string of the molecule is CCC(CC)CC(C)(C)C(=O)[O-].[Na+]. The summed E-state index contributed by atoms with van der Waals surface area (Å²) >= 11 is 0. The van der Waals surface area contributed by atoms with Gasteiger partial charge in [0.2, 0.25) is 0 Å². The van der Waals surface area contributed by atoms with Gasteiger partial charge in [0.25, 0.3) is 0 Å². The fourth-order valence-corrected chi connectivity index (χ4v) is 1.38. The van der Waals surface area contributed by atoms with Gasteiger partial charge in [-0.25, -0.2) is 0 Å². The minimum absolute atomic E-state index is 0. The van der Waals surface area contributed by atoms with Gasteiger partial charge in [0.1, 0.15) is 0 Å². The van der Waals surface area contributed by atoms with Crippen LogP contribution in [0.4, 0.5) is 0 Å². The van der Waals surface area contributed by atoms with Crippen LogP contribution in [0.1, 0.15) is 47.0 Å². The number of rotatable bonds is 5. The molecular weight excluding hydrogens is 175 g/mol. The fourth-order valence-electron chi connectivity index (χ4n) is 1.38. The first kappa shape index (κ1) is 15.9. The molecule has 0 aliphatic heterocycles. The molecule has 3 heteroatoms. The molecule has 0 aromatic rings. The van der Waals surface area contributed by atoms with Crippen LogP contribution >= 0.6 is 0 Å². The molecule has 0 spiro atoms. The maximum absolute atomic E-state index is 10.7. The van der Waals surface area contributed by atoms with Crippen molar-refractivity contribution in [3.05, 3.63) is 0 Å². The van der Waals surface area contributed by atoms with Gasteiger partial charge in [0, 0.05) is 11.4 Å². The fraction of sp³-hybridized carbons (Fsp3) is 0.900. The molecule has 0 unspecified atom stereocenters. The van der Waals surface area contributed by atoms with E-state index in [0.717, 1.165) is 19.3 Å². The standard InChI is InChI=1S/C10H20O2.Na/c1-5-8(6-2)7-10(3,4)9(11)12;/h8H,5-7H2,1-4H3,(H,11,12);/q;+1/p-1. The van der Waals surface area contributed by atoms with Gasteiger partial charge in [-0.1, -0.05) is 40.5 Å². The number of carbonyl (C=O) groups is 1. The van der Waals surface area contributed by atoms with Crippen LogP contribution in [0.5, 0.6) is 0 Å². The third-order valence-corrected chi connectivity index (χ3v) is 2.51. The zero-order valence-electron chi connectivity index (χ0n) is 9.52. The molecule has 0 bridgehead atoms. The van der Waals surface area contributed by atoms with E-state index >= 15 is 0 Å². The van der Waals surface area contributed by atoms with Crippen LogP contribution in [0.25, 0.3) is 0 Å². The van der Waals surface area contributed by atoms with Crippen molar-refractivity contribution < 1.29 is 39.5 Å². The number of carboxylic acids is 1. The molecule has 0 aromatic carbocycles. The van der Waals surface area contributed by atoms with E-state index in [1.165, 1.54) is 0 Å². The second-order valence-corrected chi connectivity index (χ2v) is 4.06. The number of carbonyl (C=O) groups excluding carboxylic acids is 1. The second kappa shape index (κ2) is 6.86. The largest absolute Gasteiger partial charge is 1.00 e.